The molecule has 1 unspecified atom stereocenters. The third-order valence-corrected chi connectivity index (χ3v) is 5.71. The number of hydrogen-bond donors (Lipinski definition) is 1. The molecule has 0 radical (unpaired) electrons. The standard InChI is InChI=1S/C20H19ClN4O3/c1-23-12-25(2,20(23)28)14-8-6-13(7-9-14)15-4-3-5-16(18(15)21)24-11-10-17(26)22-19(24)27/h3-9H,10-12H2,1-2H3/p+1. The summed E-state index contributed by atoms with van der Waals surface area (Å²) in [7, 11) is 3.67. The maximum atomic E-state index is 12.2. The second kappa shape index (κ2) is 6.61. The Bertz CT molecular complexity index is 991. The van der Waals surface area contributed by atoms with E-state index in [-0.39, 0.29) is 29.4 Å². The maximum absolute atomic E-state index is 12.2. The number of anilines is 1. The lowest BCUT2D eigenvalue weighted by Crippen LogP contribution is -2.71. The van der Waals surface area contributed by atoms with Crippen LogP contribution in [-0.2, 0) is 4.79 Å². The smallest absolute Gasteiger partial charge is 0.292 e. The fraction of sp³-hybridized carbons (Fsp3) is 0.250. The van der Waals surface area contributed by atoms with Gasteiger partial charge >= 0.3 is 12.1 Å². The molecule has 28 heavy (non-hydrogen) atoms. The number of hydrogen-bond acceptors (Lipinski definition) is 3. The quantitative estimate of drug-likeness (QED) is 0.804. The molecule has 144 valence electrons. The van der Waals surface area contributed by atoms with E-state index in [0.29, 0.717) is 17.4 Å². The fourth-order valence-corrected chi connectivity index (χ4v) is 4.09. The highest BCUT2D eigenvalue weighted by atomic mass is 35.5. The van der Waals surface area contributed by atoms with Crippen LogP contribution in [0.3, 0.4) is 0 Å². The monoisotopic (exact) mass is 399 g/mol. The van der Waals surface area contributed by atoms with Crippen LogP contribution in [0.2, 0.25) is 5.02 Å². The van der Waals surface area contributed by atoms with Crippen molar-refractivity contribution in [3.05, 3.63) is 47.5 Å². The number of quaternary nitrogens is 1. The van der Waals surface area contributed by atoms with Crippen molar-refractivity contribution in [3.63, 3.8) is 0 Å². The molecule has 2 fully saturated rings. The zero-order valence-electron chi connectivity index (χ0n) is 15.6. The number of halogens is 1. The van der Waals surface area contributed by atoms with Gasteiger partial charge in [0.15, 0.2) is 6.67 Å². The second-order valence-electron chi connectivity index (χ2n) is 7.25. The molecule has 0 spiro atoms. The summed E-state index contributed by atoms with van der Waals surface area (Å²) in [5.41, 5.74) is 3.14. The van der Waals surface area contributed by atoms with E-state index in [9.17, 15) is 14.4 Å². The summed E-state index contributed by atoms with van der Waals surface area (Å²) in [5.74, 6) is -0.285. The molecule has 2 aliphatic heterocycles. The third kappa shape index (κ3) is 2.83. The lowest BCUT2D eigenvalue weighted by molar-refractivity contribution is -0.120. The molecular formula is C20H20ClN4O3+. The van der Waals surface area contributed by atoms with Gasteiger partial charge in [-0.15, -0.1) is 0 Å². The van der Waals surface area contributed by atoms with Gasteiger partial charge < -0.3 is 0 Å². The number of benzene rings is 2. The predicted octanol–water partition coefficient (Wildman–Crippen LogP) is 3.41. The lowest BCUT2D eigenvalue weighted by atomic mass is 10.0. The SMILES string of the molecule is CN1C[N+](C)(c2ccc(-c3cccc(N4CCC(=O)NC4=O)c3Cl)cc2)C1=O. The number of nitrogens with zero attached hydrogens (tertiary/aromatic N) is 3. The Labute approximate surface area is 167 Å². The molecule has 2 saturated heterocycles. The lowest BCUT2D eigenvalue weighted by Gasteiger charge is -2.44. The van der Waals surface area contributed by atoms with Crippen molar-refractivity contribution in [3.8, 4) is 11.1 Å². The molecule has 5 amide bonds. The van der Waals surface area contributed by atoms with Crippen LogP contribution in [-0.4, -0.2) is 50.2 Å². The largest absolute Gasteiger partial charge is 0.429 e. The van der Waals surface area contributed by atoms with Gasteiger partial charge in [0, 0.05) is 37.7 Å². The molecule has 0 aromatic heterocycles. The van der Waals surface area contributed by atoms with Crippen LogP contribution in [0.4, 0.5) is 21.0 Å². The van der Waals surface area contributed by atoms with E-state index in [1.165, 1.54) is 4.90 Å². The average Bonchev–Trinajstić information content (AvgIpc) is 2.68. The molecule has 1 atom stereocenters. The van der Waals surface area contributed by atoms with Crippen molar-refractivity contribution in [1.82, 2.24) is 14.7 Å². The number of rotatable bonds is 3. The van der Waals surface area contributed by atoms with Crippen LogP contribution >= 0.6 is 11.6 Å². The highest BCUT2D eigenvalue weighted by Crippen LogP contribution is 2.38. The summed E-state index contributed by atoms with van der Waals surface area (Å²) in [6.45, 7) is 0.926. The summed E-state index contributed by atoms with van der Waals surface area (Å²) in [6, 6.07) is 12.8. The number of urea groups is 2. The summed E-state index contributed by atoms with van der Waals surface area (Å²) < 4.78 is 0.243. The topological polar surface area (TPSA) is 69.7 Å². The van der Waals surface area contributed by atoms with Crippen molar-refractivity contribution in [2.24, 2.45) is 0 Å². The molecule has 7 nitrogen and oxygen atoms in total. The van der Waals surface area contributed by atoms with Crippen molar-refractivity contribution < 1.29 is 14.4 Å². The Kier molecular flexibility index (Phi) is 4.36. The zero-order chi connectivity index (χ0) is 20.1. The molecule has 1 N–H and O–H groups in total. The highest BCUT2D eigenvalue weighted by molar-refractivity contribution is 6.36. The minimum atomic E-state index is -0.469. The van der Waals surface area contributed by atoms with Gasteiger partial charge in [-0.05, 0) is 23.8 Å². The first-order valence-electron chi connectivity index (χ1n) is 8.93. The number of amides is 5. The number of carbonyl (C=O) groups excluding carboxylic acids is 3. The first kappa shape index (κ1) is 18.5. The van der Waals surface area contributed by atoms with E-state index in [2.05, 4.69) is 5.32 Å². The molecule has 2 aromatic rings. The molecule has 2 aliphatic rings. The first-order valence-corrected chi connectivity index (χ1v) is 9.31. The van der Waals surface area contributed by atoms with Gasteiger partial charge in [0.2, 0.25) is 5.91 Å². The fourth-order valence-electron chi connectivity index (χ4n) is 3.75. The second-order valence-corrected chi connectivity index (χ2v) is 7.63. The van der Waals surface area contributed by atoms with Gasteiger partial charge in [-0.25, -0.2) is 14.5 Å². The van der Waals surface area contributed by atoms with Crippen LogP contribution in [0, 0.1) is 0 Å². The number of imide groups is 1. The molecule has 0 bridgehead atoms. The van der Waals surface area contributed by atoms with Crippen molar-refractivity contribution in [1.29, 1.82) is 0 Å². The zero-order valence-corrected chi connectivity index (χ0v) is 16.4. The van der Waals surface area contributed by atoms with Gasteiger partial charge in [0.1, 0.15) is 5.69 Å². The third-order valence-electron chi connectivity index (χ3n) is 5.32. The Hall–Kier alpha value is -2.90. The van der Waals surface area contributed by atoms with Gasteiger partial charge in [-0.2, -0.15) is 4.48 Å². The Balaban J connectivity index is 1.64. The Morgan fingerprint density at radius 1 is 1.07 bits per heavy atom. The summed E-state index contributed by atoms with van der Waals surface area (Å²) >= 11 is 6.62. The molecule has 2 aromatic carbocycles. The minimum Gasteiger partial charge on any atom is -0.292 e. The maximum Gasteiger partial charge on any atom is 0.429 e. The Morgan fingerprint density at radius 3 is 2.39 bits per heavy atom. The van der Waals surface area contributed by atoms with Crippen molar-refractivity contribution in [2.45, 2.75) is 6.42 Å². The first-order chi connectivity index (χ1) is 13.3. The predicted molar refractivity (Wildman–Crippen MR) is 108 cm³/mol. The summed E-state index contributed by atoms with van der Waals surface area (Å²) in [6.07, 6.45) is 0.236. The molecular weight excluding hydrogens is 380 g/mol. The number of carbonyl (C=O) groups is 3. The van der Waals surface area contributed by atoms with E-state index in [1.807, 2.05) is 43.4 Å². The van der Waals surface area contributed by atoms with Gasteiger partial charge in [0.25, 0.3) is 0 Å². The molecule has 2 heterocycles. The molecule has 8 heteroatoms. The van der Waals surface area contributed by atoms with E-state index in [0.717, 1.165) is 16.8 Å². The highest BCUT2D eigenvalue weighted by Gasteiger charge is 2.49. The van der Waals surface area contributed by atoms with Crippen molar-refractivity contribution in [2.75, 3.05) is 32.2 Å². The average molecular weight is 400 g/mol. The van der Waals surface area contributed by atoms with Crippen LogP contribution in [0.25, 0.3) is 11.1 Å². The summed E-state index contributed by atoms with van der Waals surface area (Å²) in [4.78, 5) is 38.9. The Morgan fingerprint density at radius 2 is 1.79 bits per heavy atom. The van der Waals surface area contributed by atoms with Crippen LogP contribution in [0.5, 0.6) is 0 Å². The van der Waals surface area contributed by atoms with Gasteiger partial charge in [-0.3, -0.25) is 15.0 Å². The van der Waals surface area contributed by atoms with Gasteiger partial charge in [0.05, 0.1) is 17.8 Å². The normalized spacial score (nSPS) is 22.2. The van der Waals surface area contributed by atoms with Crippen LogP contribution in [0.15, 0.2) is 42.5 Å². The van der Waals surface area contributed by atoms with E-state index < -0.39 is 6.03 Å². The van der Waals surface area contributed by atoms with E-state index >= 15 is 0 Å². The van der Waals surface area contributed by atoms with E-state index in [1.54, 1.807) is 18.0 Å². The van der Waals surface area contributed by atoms with Crippen molar-refractivity contribution >= 4 is 40.9 Å². The molecule has 4 rings (SSSR count). The van der Waals surface area contributed by atoms with Gasteiger partial charge in [-0.1, -0.05) is 23.7 Å². The summed E-state index contributed by atoms with van der Waals surface area (Å²) in [5, 5.41) is 2.75. The molecule has 0 aliphatic carbocycles. The minimum absolute atomic E-state index is 0.0541. The van der Waals surface area contributed by atoms with Crippen LogP contribution < -0.4 is 14.7 Å². The van der Waals surface area contributed by atoms with Crippen LogP contribution in [0.1, 0.15) is 6.42 Å². The number of nitrogens with one attached hydrogen (secondary N) is 1. The van der Waals surface area contributed by atoms with E-state index in [4.69, 9.17) is 11.6 Å². The molecule has 0 saturated carbocycles.